The smallest absolute Gasteiger partial charge is 0.248 e. The van der Waals surface area contributed by atoms with E-state index in [1.807, 2.05) is 29.5 Å². The van der Waals surface area contributed by atoms with Gasteiger partial charge in [0.05, 0.1) is 6.04 Å². The molecule has 3 N–H and O–H groups in total. The summed E-state index contributed by atoms with van der Waals surface area (Å²) in [5.74, 6) is -0.391. The molecule has 110 valence electrons. The maximum Gasteiger partial charge on any atom is 0.248 e. The highest BCUT2D eigenvalue weighted by molar-refractivity contribution is 7.12. The zero-order valence-electron chi connectivity index (χ0n) is 12.2. The van der Waals surface area contributed by atoms with Gasteiger partial charge in [0, 0.05) is 21.0 Å². The highest BCUT2D eigenvalue weighted by Crippen LogP contribution is 2.34. The van der Waals surface area contributed by atoms with E-state index in [2.05, 4.69) is 18.3 Å². The van der Waals surface area contributed by atoms with Gasteiger partial charge in [-0.2, -0.15) is 0 Å². The monoisotopic (exact) mass is 300 g/mol. The zero-order valence-corrected chi connectivity index (χ0v) is 13.0. The highest BCUT2D eigenvalue weighted by Gasteiger charge is 2.16. The largest absolute Gasteiger partial charge is 0.378 e. The number of thiophene rings is 1. The molecule has 0 saturated heterocycles. The molecule has 3 rings (SSSR count). The van der Waals surface area contributed by atoms with Crippen molar-refractivity contribution in [2.24, 2.45) is 5.73 Å². The van der Waals surface area contributed by atoms with Gasteiger partial charge in [0.25, 0.3) is 0 Å². The van der Waals surface area contributed by atoms with Crippen LogP contribution < -0.4 is 11.1 Å². The van der Waals surface area contributed by atoms with Crippen molar-refractivity contribution < 1.29 is 4.79 Å². The molecule has 0 radical (unpaired) electrons. The lowest BCUT2D eigenvalue weighted by Crippen LogP contribution is -2.12. The zero-order chi connectivity index (χ0) is 14.8. The Hall–Kier alpha value is -1.81. The van der Waals surface area contributed by atoms with E-state index in [4.69, 9.17) is 5.73 Å². The van der Waals surface area contributed by atoms with Crippen LogP contribution in [0.3, 0.4) is 0 Å². The van der Waals surface area contributed by atoms with Crippen molar-refractivity contribution in [2.45, 2.75) is 38.6 Å². The van der Waals surface area contributed by atoms with E-state index >= 15 is 0 Å². The molecular formula is C17H20N2OS. The number of rotatable bonds is 4. The van der Waals surface area contributed by atoms with Crippen molar-refractivity contribution in [3.63, 3.8) is 0 Å². The lowest BCUT2D eigenvalue weighted by Gasteiger charge is -2.14. The Morgan fingerprint density at radius 2 is 2.10 bits per heavy atom. The van der Waals surface area contributed by atoms with Gasteiger partial charge < -0.3 is 11.1 Å². The number of hydrogen-bond acceptors (Lipinski definition) is 3. The van der Waals surface area contributed by atoms with Crippen LogP contribution in [0, 0.1) is 0 Å². The molecule has 0 spiro atoms. The van der Waals surface area contributed by atoms with E-state index in [-0.39, 0.29) is 6.04 Å². The molecule has 3 nitrogen and oxygen atoms in total. The number of fused-ring (bicyclic) bond motifs is 1. The summed E-state index contributed by atoms with van der Waals surface area (Å²) in [6.45, 7) is 2.16. The Balaban J connectivity index is 1.76. The van der Waals surface area contributed by atoms with Crippen molar-refractivity contribution in [2.75, 3.05) is 5.32 Å². The van der Waals surface area contributed by atoms with Crippen molar-refractivity contribution in [3.8, 4) is 0 Å². The van der Waals surface area contributed by atoms with Crippen LogP contribution in [-0.4, -0.2) is 5.91 Å². The predicted octanol–water partition coefficient (Wildman–Crippen LogP) is 3.90. The van der Waals surface area contributed by atoms with E-state index in [0.29, 0.717) is 5.56 Å². The standard InChI is InChI=1S/C17H20N2OS/c1-11(16-10-12-5-2-3-8-15(12)21-16)19-14-7-4-6-13(9-14)17(18)20/h4,6-7,9-11,19H,2-3,5,8H2,1H3,(H2,18,20). The number of carbonyl (C=O) groups is 1. The quantitative estimate of drug-likeness (QED) is 0.899. The first-order valence-electron chi connectivity index (χ1n) is 7.41. The molecule has 0 bridgehead atoms. The number of nitrogens with one attached hydrogen (secondary N) is 1. The Kier molecular flexibility index (Phi) is 3.97. The van der Waals surface area contributed by atoms with E-state index < -0.39 is 5.91 Å². The number of aryl methyl sites for hydroxylation is 2. The first kappa shape index (κ1) is 14.1. The highest BCUT2D eigenvalue weighted by atomic mass is 32.1. The molecule has 0 saturated carbocycles. The van der Waals surface area contributed by atoms with Crippen molar-refractivity contribution in [3.05, 3.63) is 51.2 Å². The number of benzene rings is 1. The van der Waals surface area contributed by atoms with Crippen LogP contribution >= 0.6 is 11.3 Å². The summed E-state index contributed by atoms with van der Waals surface area (Å²) < 4.78 is 0. The summed E-state index contributed by atoms with van der Waals surface area (Å²) in [4.78, 5) is 14.2. The second-order valence-electron chi connectivity index (χ2n) is 5.62. The van der Waals surface area contributed by atoms with Gasteiger partial charge in [0.1, 0.15) is 0 Å². The molecule has 1 aromatic carbocycles. The molecular weight excluding hydrogens is 280 g/mol. The number of amides is 1. The second kappa shape index (κ2) is 5.90. The Bertz CT molecular complexity index is 639. The third-order valence-corrected chi connectivity index (χ3v) is 5.39. The summed E-state index contributed by atoms with van der Waals surface area (Å²) in [6, 6.07) is 9.96. The lowest BCUT2D eigenvalue weighted by atomic mass is 9.99. The van der Waals surface area contributed by atoms with Gasteiger partial charge in [-0.05, 0) is 62.4 Å². The topological polar surface area (TPSA) is 55.1 Å². The van der Waals surface area contributed by atoms with Crippen LogP contribution in [0.5, 0.6) is 0 Å². The number of nitrogens with two attached hydrogens (primary N) is 1. The minimum atomic E-state index is -0.391. The SMILES string of the molecule is CC(Nc1cccc(C(N)=O)c1)c1cc2c(s1)CCCC2. The summed E-state index contributed by atoms with van der Waals surface area (Å²) >= 11 is 1.92. The fraction of sp³-hybridized carbons (Fsp3) is 0.353. The Morgan fingerprint density at radius 3 is 2.86 bits per heavy atom. The number of anilines is 1. The lowest BCUT2D eigenvalue weighted by molar-refractivity contribution is 0.100. The van der Waals surface area contributed by atoms with E-state index in [1.54, 1.807) is 10.9 Å². The second-order valence-corrected chi connectivity index (χ2v) is 6.78. The summed E-state index contributed by atoms with van der Waals surface area (Å²) in [6.07, 6.45) is 5.07. The maximum absolute atomic E-state index is 11.2. The minimum absolute atomic E-state index is 0.240. The average Bonchev–Trinajstić information content (AvgIpc) is 2.91. The molecule has 1 atom stereocenters. The fourth-order valence-electron chi connectivity index (χ4n) is 2.81. The molecule has 1 unspecified atom stereocenters. The summed E-state index contributed by atoms with van der Waals surface area (Å²) in [5.41, 5.74) is 8.33. The van der Waals surface area contributed by atoms with Crippen LogP contribution in [0.15, 0.2) is 30.3 Å². The summed E-state index contributed by atoms with van der Waals surface area (Å²) in [7, 11) is 0. The molecule has 1 aliphatic carbocycles. The van der Waals surface area contributed by atoms with Crippen molar-refractivity contribution in [1.82, 2.24) is 0 Å². The van der Waals surface area contributed by atoms with E-state index in [9.17, 15) is 4.79 Å². The molecule has 1 aliphatic rings. The van der Waals surface area contributed by atoms with Crippen molar-refractivity contribution >= 4 is 22.9 Å². The molecule has 4 heteroatoms. The van der Waals surface area contributed by atoms with Gasteiger partial charge in [-0.3, -0.25) is 4.79 Å². The third kappa shape index (κ3) is 3.10. The Labute approximate surface area is 129 Å². The number of primary amides is 1. The Morgan fingerprint density at radius 1 is 1.29 bits per heavy atom. The van der Waals surface area contributed by atoms with Crippen molar-refractivity contribution in [1.29, 1.82) is 0 Å². The van der Waals surface area contributed by atoms with Gasteiger partial charge in [-0.25, -0.2) is 0 Å². The molecule has 1 aromatic heterocycles. The predicted molar refractivity (Wildman–Crippen MR) is 88.0 cm³/mol. The molecule has 1 amide bonds. The molecule has 21 heavy (non-hydrogen) atoms. The first-order valence-corrected chi connectivity index (χ1v) is 8.23. The molecule has 2 aromatic rings. The van der Waals surface area contributed by atoms with Crippen LogP contribution in [0.2, 0.25) is 0 Å². The third-order valence-electron chi connectivity index (χ3n) is 3.97. The van der Waals surface area contributed by atoms with E-state index in [1.165, 1.54) is 36.1 Å². The summed E-state index contributed by atoms with van der Waals surface area (Å²) in [5, 5.41) is 3.47. The first-order chi connectivity index (χ1) is 10.1. The van der Waals surface area contributed by atoms with Gasteiger partial charge in [-0.15, -0.1) is 11.3 Å². The average molecular weight is 300 g/mol. The molecule has 0 fully saturated rings. The van der Waals surface area contributed by atoms with E-state index in [0.717, 1.165) is 5.69 Å². The fourth-order valence-corrected chi connectivity index (χ4v) is 4.07. The van der Waals surface area contributed by atoms with Gasteiger partial charge in [-0.1, -0.05) is 6.07 Å². The number of carbonyl (C=O) groups excluding carboxylic acids is 1. The number of hydrogen-bond donors (Lipinski definition) is 2. The molecule has 1 heterocycles. The van der Waals surface area contributed by atoms with Gasteiger partial charge >= 0.3 is 0 Å². The van der Waals surface area contributed by atoms with Gasteiger partial charge in [0.15, 0.2) is 0 Å². The van der Waals surface area contributed by atoms with Crippen LogP contribution in [0.25, 0.3) is 0 Å². The maximum atomic E-state index is 11.2. The van der Waals surface area contributed by atoms with Crippen LogP contribution in [-0.2, 0) is 12.8 Å². The minimum Gasteiger partial charge on any atom is -0.378 e. The van der Waals surface area contributed by atoms with Crippen LogP contribution in [0.4, 0.5) is 5.69 Å². The normalized spacial score (nSPS) is 15.3. The van der Waals surface area contributed by atoms with Gasteiger partial charge in [0.2, 0.25) is 5.91 Å². The van der Waals surface area contributed by atoms with Crippen LogP contribution in [0.1, 0.15) is 51.5 Å². The molecule has 0 aliphatic heterocycles.